The van der Waals surface area contributed by atoms with E-state index in [0.717, 1.165) is 42.4 Å². The molecule has 0 unspecified atom stereocenters. The smallest absolute Gasteiger partial charge is 0.166 e. The van der Waals surface area contributed by atoms with Gasteiger partial charge in [-0.3, -0.25) is 0 Å². The Kier molecular flexibility index (Phi) is 4.97. The molecule has 0 radical (unpaired) electrons. The van der Waals surface area contributed by atoms with Crippen LogP contribution in [0.2, 0.25) is 0 Å². The van der Waals surface area contributed by atoms with Gasteiger partial charge in [-0.05, 0) is 69.0 Å². The molecule has 0 aliphatic carbocycles. The van der Waals surface area contributed by atoms with Crippen LogP contribution in [0.5, 0.6) is 0 Å². The second-order valence-corrected chi connectivity index (χ2v) is 9.47. The average molecular weight is 465 g/mol. The molecule has 0 aliphatic heterocycles. The topological polar surface area (TPSA) is 0 Å². The molecule has 2 aromatic heterocycles. The summed E-state index contributed by atoms with van der Waals surface area (Å²) in [5.41, 5.74) is 2.42. The molecule has 0 bridgehead atoms. The maximum absolute atomic E-state index is 12.7. The van der Waals surface area contributed by atoms with Crippen molar-refractivity contribution < 1.29 is 13.2 Å². The van der Waals surface area contributed by atoms with Gasteiger partial charge in [0.25, 0.3) is 0 Å². The number of alkyl halides is 3. The Hall–Kier alpha value is -1.89. The Morgan fingerprint density at radius 1 is 0.556 bits per heavy atom. The molecule has 0 fully saturated rings. The van der Waals surface area contributed by atoms with Crippen LogP contribution in [0.25, 0.3) is 31.3 Å². The summed E-state index contributed by atoms with van der Waals surface area (Å²) >= 11 is 6.74. The van der Waals surface area contributed by atoms with Crippen LogP contribution >= 0.6 is 38.6 Å². The van der Waals surface area contributed by atoms with Crippen LogP contribution in [0.15, 0.2) is 76.6 Å². The lowest BCUT2D eigenvalue weighted by Gasteiger charge is -2.06. The molecular formula is C21H12BrF3S2. The quantitative estimate of drug-likeness (QED) is 0.284. The first-order valence-electron chi connectivity index (χ1n) is 8.04. The summed E-state index contributed by atoms with van der Waals surface area (Å²) in [4.78, 5) is 3.24. The van der Waals surface area contributed by atoms with Crippen LogP contribution in [0.3, 0.4) is 0 Å². The fourth-order valence-electron chi connectivity index (χ4n) is 2.74. The Bertz CT molecular complexity index is 1060. The molecule has 0 amide bonds. The Morgan fingerprint density at radius 2 is 0.963 bits per heavy atom. The molecule has 4 aromatic rings. The highest BCUT2D eigenvalue weighted by molar-refractivity contribution is 9.11. The third kappa shape index (κ3) is 4.03. The van der Waals surface area contributed by atoms with Gasteiger partial charge in [0.05, 0.1) is 9.35 Å². The molecule has 27 heavy (non-hydrogen) atoms. The summed E-state index contributed by atoms with van der Waals surface area (Å²) in [6.07, 6.45) is -4.31. The summed E-state index contributed by atoms with van der Waals surface area (Å²) in [6.45, 7) is 0. The van der Waals surface area contributed by atoms with Crippen molar-refractivity contribution in [2.24, 2.45) is 0 Å². The zero-order valence-corrected chi connectivity index (χ0v) is 17.0. The molecule has 6 heteroatoms. The first kappa shape index (κ1) is 18.5. The van der Waals surface area contributed by atoms with Crippen molar-refractivity contribution >= 4 is 38.6 Å². The van der Waals surface area contributed by atoms with Crippen molar-refractivity contribution in [2.75, 3.05) is 0 Å². The molecule has 2 heterocycles. The first-order valence-corrected chi connectivity index (χ1v) is 10.5. The maximum Gasteiger partial charge on any atom is 0.416 e. The van der Waals surface area contributed by atoms with Gasteiger partial charge >= 0.3 is 6.18 Å². The van der Waals surface area contributed by atoms with E-state index in [1.165, 1.54) is 17.0 Å². The number of halogens is 4. The SMILES string of the molecule is FC(F)(F)c1ccc(-c2ccc(-c3ccc(-c4ccc(Br)s4)cc3)s2)cc1. The molecule has 136 valence electrons. The van der Waals surface area contributed by atoms with Crippen LogP contribution < -0.4 is 0 Å². The Balaban J connectivity index is 1.57. The minimum absolute atomic E-state index is 0.626. The molecule has 4 rings (SSSR count). The van der Waals surface area contributed by atoms with Crippen LogP contribution in [-0.2, 0) is 6.18 Å². The van der Waals surface area contributed by atoms with E-state index >= 15 is 0 Å². The van der Waals surface area contributed by atoms with Gasteiger partial charge in [-0.2, -0.15) is 13.2 Å². The standard InChI is InChI=1S/C21H12BrF3S2/c22-20-12-11-19(27-20)14-3-1-13(2-4-14)17-9-10-18(26-17)15-5-7-16(8-6-15)21(23,24)25/h1-12H. The van der Waals surface area contributed by atoms with E-state index in [4.69, 9.17) is 0 Å². The van der Waals surface area contributed by atoms with Crippen molar-refractivity contribution in [3.05, 3.63) is 82.1 Å². The van der Waals surface area contributed by atoms with E-state index in [0.29, 0.717) is 0 Å². The highest BCUT2D eigenvalue weighted by atomic mass is 79.9. The lowest BCUT2D eigenvalue weighted by Crippen LogP contribution is -2.03. The van der Waals surface area contributed by atoms with Crippen molar-refractivity contribution in [1.29, 1.82) is 0 Å². The van der Waals surface area contributed by atoms with Crippen LogP contribution in [0.1, 0.15) is 5.56 Å². The molecular weight excluding hydrogens is 453 g/mol. The van der Waals surface area contributed by atoms with Gasteiger partial charge in [-0.15, -0.1) is 22.7 Å². The molecule has 0 N–H and O–H groups in total. The molecule has 0 spiro atoms. The van der Waals surface area contributed by atoms with Crippen LogP contribution in [0.4, 0.5) is 13.2 Å². The van der Waals surface area contributed by atoms with E-state index in [9.17, 15) is 13.2 Å². The highest BCUT2D eigenvalue weighted by Gasteiger charge is 2.30. The first-order chi connectivity index (χ1) is 12.9. The van der Waals surface area contributed by atoms with Crippen LogP contribution in [-0.4, -0.2) is 0 Å². The lowest BCUT2D eigenvalue weighted by atomic mass is 10.1. The molecule has 0 aliphatic rings. The third-order valence-electron chi connectivity index (χ3n) is 4.13. The monoisotopic (exact) mass is 464 g/mol. The molecule has 0 nitrogen and oxygen atoms in total. The van der Waals surface area contributed by atoms with Gasteiger partial charge in [0.1, 0.15) is 0 Å². The van der Waals surface area contributed by atoms with E-state index in [2.05, 4.69) is 46.3 Å². The average Bonchev–Trinajstić information content (AvgIpc) is 3.31. The zero-order chi connectivity index (χ0) is 19.0. The van der Waals surface area contributed by atoms with Gasteiger partial charge in [0, 0.05) is 14.6 Å². The molecule has 0 saturated carbocycles. The van der Waals surface area contributed by atoms with E-state index in [1.807, 2.05) is 18.2 Å². The third-order valence-corrected chi connectivity index (χ3v) is 6.99. The van der Waals surface area contributed by atoms with Gasteiger partial charge in [-0.1, -0.05) is 36.4 Å². The second kappa shape index (κ2) is 7.26. The number of thiophene rings is 2. The van der Waals surface area contributed by atoms with E-state index in [1.54, 1.807) is 22.7 Å². The molecule has 2 aromatic carbocycles. The fraction of sp³-hybridized carbons (Fsp3) is 0.0476. The second-order valence-electron chi connectivity index (χ2n) is 5.92. The summed E-state index contributed by atoms with van der Waals surface area (Å²) in [5, 5.41) is 0. The fourth-order valence-corrected chi connectivity index (χ4v) is 5.15. The minimum Gasteiger partial charge on any atom is -0.166 e. The van der Waals surface area contributed by atoms with Crippen LogP contribution in [0, 0.1) is 0 Å². The van der Waals surface area contributed by atoms with Crippen molar-refractivity contribution in [2.45, 2.75) is 6.18 Å². The maximum atomic E-state index is 12.7. The normalized spacial score (nSPS) is 11.7. The van der Waals surface area contributed by atoms with Crippen molar-refractivity contribution in [3.63, 3.8) is 0 Å². The molecule has 0 saturated heterocycles. The highest BCUT2D eigenvalue weighted by Crippen LogP contribution is 2.38. The summed E-state index contributed by atoms with van der Waals surface area (Å²) in [6, 6.07) is 21.7. The van der Waals surface area contributed by atoms with E-state index < -0.39 is 11.7 Å². The zero-order valence-electron chi connectivity index (χ0n) is 13.8. The minimum atomic E-state index is -4.31. The summed E-state index contributed by atoms with van der Waals surface area (Å²) in [5.74, 6) is 0. The van der Waals surface area contributed by atoms with Crippen molar-refractivity contribution in [3.8, 4) is 31.3 Å². The summed E-state index contributed by atoms with van der Waals surface area (Å²) < 4.78 is 39.2. The number of hydrogen-bond donors (Lipinski definition) is 0. The Labute approximate surface area is 171 Å². The summed E-state index contributed by atoms with van der Waals surface area (Å²) in [7, 11) is 0. The predicted octanol–water partition coefficient (Wildman–Crippen LogP) is 8.59. The molecule has 0 atom stereocenters. The number of hydrogen-bond acceptors (Lipinski definition) is 2. The van der Waals surface area contributed by atoms with Crippen molar-refractivity contribution in [1.82, 2.24) is 0 Å². The number of rotatable bonds is 3. The van der Waals surface area contributed by atoms with Gasteiger partial charge < -0.3 is 0 Å². The van der Waals surface area contributed by atoms with E-state index in [-0.39, 0.29) is 0 Å². The largest absolute Gasteiger partial charge is 0.416 e. The lowest BCUT2D eigenvalue weighted by molar-refractivity contribution is -0.137. The van der Waals surface area contributed by atoms with Gasteiger partial charge in [0.2, 0.25) is 0 Å². The number of benzene rings is 2. The van der Waals surface area contributed by atoms with Gasteiger partial charge in [0.15, 0.2) is 0 Å². The van der Waals surface area contributed by atoms with Gasteiger partial charge in [-0.25, -0.2) is 0 Å². The Morgan fingerprint density at radius 3 is 1.37 bits per heavy atom. The predicted molar refractivity (Wildman–Crippen MR) is 111 cm³/mol.